The lowest BCUT2D eigenvalue weighted by Crippen LogP contribution is -2.41. The van der Waals surface area contributed by atoms with Crippen molar-refractivity contribution in [3.05, 3.63) is 66.0 Å². The van der Waals surface area contributed by atoms with E-state index < -0.39 is 0 Å². The Labute approximate surface area is 246 Å². The zero-order valence-corrected chi connectivity index (χ0v) is 25.4. The van der Waals surface area contributed by atoms with Gasteiger partial charge < -0.3 is 15.4 Å². The van der Waals surface area contributed by atoms with Crippen LogP contribution in [-0.4, -0.2) is 35.9 Å². The molecular formula is C35H48N4O2. The van der Waals surface area contributed by atoms with Gasteiger partial charge in [0, 0.05) is 36.0 Å². The Morgan fingerprint density at radius 3 is 2.37 bits per heavy atom. The van der Waals surface area contributed by atoms with E-state index in [1.165, 1.54) is 11.1 Å². The molecule has 41 heavy (non-hydrogen) atoms. The SMILES string of the molecule is COc1ccc(C2CCC(CN(C(=O)C3CCC(CN)CC3)c3cccc(-c4cnn(C(C)C)c4)c3)CC2)cc1C. The average Bonchev–Trinajstić information content (AvgIpc) is 3.51. The maximum absolute atomic E-state index is 14.2. The molecule has 1 aromatic heterocycles. The van der Waals surface area contributed by atoms with Gasteiger partial charge in [-0.05, 0) is 131 Å². The molecule has 2 aromatic carbocycles. The number of aryl methyl sites for hydroxylation is 1. The number of benzene rings is 2. The standard InChI is InChI=1S/C35H48N4O2/c1-24(2)39-23-32(21-37-39)30-6-5-7-33(19-30)38(35(40)29-14-8-26(20-36)9-15-29)22-27-10-12-28(13-11-27)31-16-17-34(41-4)25(3)18-31/h5-7,16-19,21,23-24,26-29H,8-15,20,22,36H2,1-4H3. The zero-order chi connectivity index (χ0) is 28.9. The van der Waals surface area contributed by atoms with Crippen molar-refractivity contribution in [1.82, 2.24) is 9.78 Å². The van der Waals surface area contributed by atoms with Crippen LogP contribution < -0.4 is 15.4 Å². The molecule has 0 bridgehead atoms. The lowest BCUT2D eigenvalue weighted by molar-refractivity contribution is -0.123. The predicted molar refractivity (Wildman–Crippen MR) is 167 cm³/mol. The molecule has 1 amide bonds. The quantitative estimate of drug-likeness (QED) is 0.296. The normalized spacial score (nSPS) is 23.0. The van der Waals surface area contributed by atoms with Gasteiger partial charge in [-0.15, -0.1) is 0 Å². The van der Waals surface area contributed by atoms with E-state index in [-0.39, 0.29) is 5.92 Å². The van der Waals surface area contributed by atoms with E-state index in [4.69, 9.17) is 10.5 Å². The molecule has 0 radical (unpaired) electrons. The molecule has 220 valence electrons. The largest absolute Gasteiger partial charge is 0.496 e. The molecule has 6 heteroatoms. The van der Waals surface area contributed by atoms with Crippen molar-refractivity contribution >= 4 is 11.6 Å². The number of nitrogens with zero attached hydrogens (tertiary/aromatic N) is 3. The van der Waals surface area contributed by atoms with Crippen molar-refractivity contribution in [3.63, 3.8) is 0 Å². The molecule has 2 aliphatic carbocycles. The zero-order valence-electron chi connectivity index (χ0n) is 25.4. The fraction of sp³-hybridized carbons (Fsp3) is 0.543. The van der Waals surface area contributed by atoms with Gasteiger partial charge in [-0.2, -0.15) is 5.10 Å². The van der Waals surface area contributed by atoms with E-state index in [1.54, 1.807) is 7.11 Å². The third kappa shape index (κ3) is 6.86. The second-order valence-corrected chi connectivity index (χ2v) is 12.7. The van der Waals surface area contributed by atoms with Crippen LogP contribution >= 0.6 is 0 Å². The summed E-state index contributed by atoms with van der Waals surface area (Å²) in [5.74, 6) is 2.97. The van der Waals surface area contributed by atoms with E-state index in [1.807, 2.05) is 10.9 Å². The first kappa shape index (κ1) is 29.4. The van der Waals surface area contributed by atoms with Gasteiger partial charge in [0.25, 0.3) is 0 Å². The summed E-state index contributed by atoms with van der Waals surface area (Å²) in [4.78, 5) is 16.3. The van der Waals surface area contributed by atoms with Crippen molar-refractivity contribution in [1.29, 1.82) is 0 Å². The molecule has 2 saturated carbocycles. The van der Waals surface area contributed by atoms with Crippen LogP contribution in [0.1, 0.15) is 88.3 Å². The van der Waals surface area contributed by atoms with Crippen LogP contribution in [0.4, 0.5) is 5.69 Å². The maximum Gasteiger partial charge on any atom is 0.230 e. The maximum atomic E-state index is 14.2. The molecule has 0 saturated heterocycles. The van der Waals surface area contributed by atoms with Gasteiger partial charge in [0.2, 0.25) is 5.91 Å². The topological polar surface area (TPSA) is 73.4 Å². The third-order valence-corrected chi connectivity index (χ3v) is 9.59. The Morgan fingerprint density at radius 1 is 1.00 bits per heavy atom. The molecule has 6 nitrogen and oxygen atoms in total. The number of amides is 1. The summed E-state index contributed by atoms with van der Waals surface area (Å²) < 4.78 is 7.46. The molecule has 0 spiro atoms. The Kier molecular flexibility index (Phi) is 9.49. The summed E-state index contributed by atoms with van der Waals surface area (Å²) in [6.07, 6.45) is 12.6. The molecule has 0 unspecified atom stereocenters. The van der Waals surface area contributed by atoms with E-state index in [0.29, 0.717) is 29.7 Å². The third-order valence-electron chi connectivity index (χ3n) is 9.59. The first-order valence-corrected chi connectivity index (χ1v) is 15.7. The van der Waals surface area contributed by atoms with Crippen LogP contribution in [0.5, 0.6) is 5.75 Å². The number of aromatic nitrogens is 2. The van der Waals surface area contributed by atoms with Crippen LogP contribution in [0.3, 0.4) is 0 Å². The predicted octanol–water partition coefficient (Wildman–Crippen LogP) is 7.52. The van der Waals surface area contributed by atoms with Crippen LogP contribution in [0, 0.1) is 24.7 Å². The van der Waals surface area contributed by atoms with E-state index >= 15 is 0 Å². The van der Waals surface area contributed by atoms with Gasteiger partial charge in [-0.3, -0.25) is 9.48 Å². The lowest BCUT2D eigenvalue weighted by Gasteiger charge is -2.36. The second-order valence-electron chi connectivity index (χ2n) is 12.7. The number of rotatable bonds is 9. The smallest absolute Gasteiger partial charge is 0.230 e. The number of anilines is 1. The van der Waals surface area contributed by atoms with Crippen molar-refractivity contribution < 1.29 is 9.53 Å². The Bertz CT molecular complexity index is 1300. The summed E-state index contributed by atoms with van der Waals surface area (Å²) >= 11 is 0. The first-order valence-electron chi connectivity index (χ1n) is 15.7. The Hall–Kier alpha value is -3.12. The summed E-state index contributed by atoms with van der Waals surface area (Å²) in [6.45, 7) is 7.92. The molecule has 2 fully saturated rings. The number of hydrogen-bond donors (Lipinski definition) is 1. The Morgan fingerprint density at radius 2 is 1.73 bits per heavy atom. The number of nitrogens with two attached hydrogens (primary N) is 1. The molecule has 0 aliphatic heterocycles. The molecule has 5 rings (SSSR count). The monoisotopic (exact) mass is 556 g/mol. The van der Waals surface area contributed by atoms with Crippen molar-refractivity contribution in [2.45, 2.75) is 84.1 Å². The number of methoxy groups -OCH3 is 1. The van der Waals surface area contributed by atoms with E-state index in [9.17, 15) is 4.79 Å². The molecule has 1 heterocycles. The van der Waals surface area contributed by atoms with Gasteiger partial charge >= 0.3 is 0 Å². The van der Waals surface area contributed by atoms with Gasteiger partial charge in [0.1, 0.15) is 5.75 Å². The highest BCUT2D eigenvalue weighted by Gasteiger charge is 2.32. The van der Waals surface area contributed by atoms with Crippen LogP contribution in [0.15, 0.2) is 54.9 Å². The summed E-state index contributed by atoms with van der Waals surface area (Å²) in [5, 5.41) is 4.55. The van der Waals surface area contributed by atoms with Crippen molar-refractivity contribution in [2.24, 2.45) is 23.5 Å². The van der Waals surface area contributed by atoms with Crippen molar-refractivity contribution in [3.8, 4) is 16.9 Å². The van der Waals surface area contributed by atoms with E-state index in [0.717, 1.165) is 87.0 Å². The minimum absolute atomic E-state index is 0.0868. The van der Waals surface area contributed by atoms with Gasteiger partial charge in [-0.25, -0.2) is 0 Å². The van der Waals surface area contributed by atoms with Crippen LogP contribution in [0.2, 0.25) is 0 Å². The van der Waals surface area contributed by atoms with Gasteiger partial charge in [-0.1, -0.05) is 24.3 Å². The number of ether oxygens (including phenoxy) is 1. The fourth-order valence-electron chi connectivity index (χ4n) is 6.90. The molecular weight excluding hydrogens is 508 g/mol. The first-order chi connectivity index (χ1) is 19.9. The molecule has 2 N–H and O–H groups in total. The van der Waals surface area contributed by atoms with Crippen molar-refractivity contribution in [2.75, 3.05) is 25.1 Å². The number of carbonyl (C=O) groups is 1. The minimum Gasteiger partial charge on any atom is -0.496 e. The highest BCUT2D eigenvalue weighted by Crippen LogP contribution is 2.39. The number of carbonyl (C=O) groups excluding carboxylic acids is 1. The average molecular weight is 557 g/mol. The van der Waals surface area contributed by atoms with Crippen LogP contribution in [0.25, 0.3) is 11.1 Å². The lowest BCUT2D eigenvalue weighted by atomic mass is 9.77. The van der Waals surface area contributed by atoms with Gasteiger partial charge in [0.15, 0.2) is 0 Å². The highest BCUT2D eigenvalue weighted by atomic mass is 16.5. The molecule has 2 aliphatic rings. The van der Waals surface area contributed by atoms with Gasteiger partial charge in [0.05, 0.1) is 13.3 Å². The second kappa shape index (κ2) is 13.2. The van der Waals surface area contributed by atoms with E-state index in [2.05, 4.69) is 79.4 Å². The summed E-state index contributed by atoms with van der Waals surface area (Å²) in [6, 6.07) is 15.5. The highest BCUT2D eigenvalue weighted by molar-refractivity contribution is 5.95. The Balaban J connectivity index is 1.33. The summed E-state index contributed by atoms with van der Waals surface area (Å²) in [5.41, 5.74) is 11.8. The molecule has 0 atom stereocenters. The summed E-state index contributed by atoms with van der Waals surface area (Å²) in [7, 11) is 1.73. The minimum atomic E-state index is 0.0868. The molecule has 3 aromatic rings. The fourth-order valence-corrected chi connectivity index (χ4v) is 6.90. The van der Waals surface area contributed by atoms with Crippen LogP contribution in [-0.2, 0) is 4.79 Å². The number of hydrogen-bond acceptors (Lipinski definition) is 4.